The van der Waals surface area contributed by atoms with Crippen molar-refractivity contribution in [2.75, 3.05) is 0 Å². The fourth-order valence-electron chi connectivity index (χ4n) is 8.01. The molecule has 0 fully saturated rings. The third-order valence-electron chi connectivity index (χ3n) is 10.6. The summed E-state index contributed by atoms with van der Waals surface area (Å²) in [6.45, 7) is 2.04. The second-order valence-electron chi connectivity index (χ2n) is 14.3. The lowest BCUT2D eigenvalue weighted by Crippen LogP contribution is -2.31. The van der Waals surface area contributed by atoms with Gasteiger partial charge >= 0.3 is 0 Å². The summed E-state index contributed by atoms with van der Waals surface area (Å²) < 4.78 is 99.3. The first-order valence-electron chi connectivity index (χ1n) is 24.4. The molecule has 3 heterocycles. The Labute approximate surface area is 362 Å². The van der Waals surface area contributed by atoms with Gasteiger partial charge in [0.2, 0.25) is 0 Å². The monoisotopic (exact) mass is 780 g/mol. The molecule has 0 bridgehead atoms. The number of hydrogen-bond donors (Lipinski definition) is 0. The standard InChI is InChI=1S/C55H38N4O/c1-38-33-49(41-21-9-4-10-22-41)55(56-36-38)59-50-28-12-11-25-47(50)48-32-31-44(35-53(48)59)60-43-24-15-23-42(34-43)57-37-58(52-30-14-13-29-51(52)57)54-45(39-17-5-2-6-18-39)26-16-27-46(54)40-19-7-3-8-20-40/h2-36H,1H3/i2D,3D,5D,6D,7D,8D,17D,18D,19D,20D. The fraction of sp³-hybridized carbons (Fsp3) is 0.0182. The number of imidazole rings is 1. The Balaban J connectivity index is 1.08. The lowest BCUT2D eigenvalue weighted by Gasteiger charge is -2.17. The number of aryl methyl sites for hydroxylation is 1. The first-order chi connectivity index (χ1) is 33.8. The van der Waals surface area contributed by atoms with Crippen LogP contribution in [0.3, 0.4) is 0 Å². The van der Waals surface area contributed by atoms with Crippen LogP contribution in [0, 0.1) is 13.3 Å². The molecule has 0 aliphatic heterocycles. The number of aromatic nitrogens is 4. The molecule has 0 unspecified atom stereocenters. The van der Waals surface area contributed by atoms with Crippen LogP contribution in [0.2, 0.25) is 0 Å². The zero-order chi connectivity index (χ0) is 48.7. The molecule has 5 nitrogen and oxygen atoms in total. The van der Waals surface area contributed by atoms with Crippen molar-refractivity contribution in [3.63, 3.8) is 0 Å². The van der Waals surface area contributed by atoms with Crippen LogP contribution in [0.25, 0.3) is 83.4 Å². The fourth-order valence-corrected chi connectivity index (χ4v) is 8.01. The molecule has 0 amide bonds. The summed E-state index contributed by atoms with van der Waals surface area (Å²) >= 11 is 0. The van der Waals surface area contributed by atoms with Gasteiger partial charge in [-0.15, -0.1) is 0 Å². The van der Waals surface area contributed by atoms with Crippen LogP contribution >= 0.6 is 0 Å². The molecule has 3 aromatic heterocycles. The SMILES string of the molecule is [2H]c1c([2H])c([2H])c(-c2cccc(-c3c([2H])c([2H])c([2H])c([2H])c3[2H])c2-[n+]2[c-]n(-c3cccc(Oc4ccc5c6ccccc6n(-c6ncc(C)cc6-c6ccccc6)c5c4)c3)c3ccccc32)c([2H])c1[2H]. The third-order valence-corrected chi connectivity index (χ3v) is 10.6. The first-order valence-corrected chi connectivity index (χ1v) is 19.4. The van der Waals surface area contributed by atoms with Gasteiger partial charge in [-0.3, -0.25) is 13.7 Å². The lowest BCUT2D eigenvalue weighted by atomic mass is 9.95. The summed E-state index contributed by atoms with van der Waals surface area (Å²) in [5.74, 6) is 1.87. The summed E-state index contributed by atoms with van der Waals surface area (Å²) in [6.07, 6.45) is 5.32. The van der Waals surface area contributed by atoms with Crippen LogP contribution in [0.15, 0.2) is 212 Å². The Bertz CT molecular complexity index is 3820. The van der Waals surface area contributed by atoms with Gasteiger partial charge in [0.1, 0.15) is 17.3 Å². The van der Waals surface area contributed by atoms with Gasteiger partial charge in [0.05, 0.1) is 47.1 Å². The Morgan fingerprint density at radius 1 is 0.550 bits per heavy atom. The third kappa shape index (κ3) is 6.12. The van der Waals surface area contributed by atoms with Gasteiger partial charge in [-0.1, -0.05) is 157 Å². The molecule has 11 rings (SSSR count). The molecule has 0 radical (unpaired) electrons. The zero-order valence-electron chi connectivity index (χ0n) is 42.1. The van der Waals surface area contributed by atoms with Crippen LogP contribution in [-0.4, -0.2) is 14.1 Å². The van der Waals surface area contributed by atoms with E-state index in [4.69, 9.17) is 23.4 Å². The Hall–Kier alpha value is -8.02. The van der Waals surface area contributed by atoms with Crippen molar-refractivity contribution in [2.24, 2.45) is 0 Å². The number of benzene rings is 8. The lowest BCUT2D eigenvalue weighted by molar-refractivity contribution is -0.571. The average molecular weight is 781 g/mol. The smallest absolute Gasteiger partial charge is 0.269 e. The van der Waals surface area contributed by atoms with Gasteiger partial charge in [0.25, 0.3) is 6.33 Å². The maximum Gasteiger partial charge on any atom is 0.269 e. The van der Waals surface area contributed by atoms with E-state index in [1.807, 2.05) is 104 Å². The van der Waals surface area contributed by atoms with Gasteiger partial charge in [-0.05, 0) is 82.8 Å². The van der Waals surface area contributed by atoms with Crippen molar-refractivity contribution in [1.82, 2.24) is 14.1 Å². The molecule has 11 aromatic rings. The van der Waals surface area contributed by atoms with Gasteiger partial charge in [0, 0.05) is 28.6 Å². The minimum Gasteiger partial charge on any atom is -0.458 e. The molecule has 0 aliphatic rings. The van der Waals surface area contributed by atoms with Crippen molar-refractivity contribution < 1.29 is 23.0 Å². The minimum atomic E-state index is -0.567. The number of para-hydroxylation sites is 4. The summed E-state index contributed by atoms with van der Waals surface area (Å²) in [7, 11) is 0. The number of ether oxygens (including phenoxy) is 1. The first kappa shape index (κ1) is 26.1. The summed E-state index contributed by atoms with van der Waals surface area (Å²) in [4.78, 5) is 5.02. The summed E-state index contributed by atoms with van der Waals surface area (Å²) in [5, 5.41) is 2.10. The van der Waals surface area contributed by atoms with E-state index >= 15 is 0 Å². The van der Waals surface area contributed by atoms with E-state index in [2.05, 4.69) is 47.3 Å². The predicted molar refractivity (Wildman–Crippen MR) is 243 cm³/mol. The van der Waals surface area contributed by atoms with Crippen molar-refractivity contribution >= 4 is 32.8 Å². The van der Waals surface area contributed by atoms with Crippen molar-refractivity contribution in [3.8, 4) is 62.1 Å². The average Bonchev–Trinajstić information content (AvgIpc) is 3.92. The number of hydrogen-bond acceptors (Lipinski definition) is 2. The molecule has 284 valence electrons. The molecule has 0 aliphatic carbocycles. The molecular weight excluding hydrogens is 733 g/mol. The maximum atomic E-state index is 9.01. The van der Waals surface area contributed by atoms with Gasteiger partial charge < -0.3 is 4.74 Å². The van der Waals surface area contributed by atoms with Crippen LogP contribution in [0.1, 0.15) is 19.3 Å². The Morgan fingerprint density at radius 3 is 1.97 bits per heavy atom. The molecule has 0 saturated carbocycles. The number of nitrogens with zero attached hydrogens (tertiary/aromatic N) is 4. The van der Waals surface area contributed by atoms with E-state index in [1.54, 1.807) is 27.3 Å². The largest absolute Gasteiger partial charge is 0.458 e. The molecule has 8 aromatic carbocycles. The van der Waals surface area contributed by atoms with Crippen LogP contribution < -0.4 is 9.30 Å². The maximum absolute atomic E-state index is 9.01. The van der Waals surface area contributed by atoms with E-state index in [-0.39, 0.29) is 27.9 Å². The summed E-state index contributed by atoms with van der Waals surface area (Å²) in [6, 6.07) is 41.0. The van der Waals surface area contributed by atoms with Crippen molar-refractivity contribution in [2.45, 2.75) is 6.92 Å². The van der Waals surface area contributed by atoms with Crippen molar-refractivity contribution in [1.29, 1.82) is 0 Å². The highest BCUT2D eigenvalue weighted by Gasteiger charge is 2.21. The van der Waals surface area contributed by atoms with Crippen LogP contribution in [0.5, 0.6) is 11.5 Å². The van der Waals surface area contributed by atoms with E-state index in [0.29, 0.717) is 28.2 Å². The predicted octanol–water partition coefficient (Wildman–Crippen LogP) is 13.3. The topological polar surface area (TPSA) is 35.9 Å². The van der Waals surface area contributed by atoms with Gasteiger partial charge in [-0.2, -0.15) is 0 Å². The molecule has 0 saturated heterocycles. The number of fused-ring (bicyclic) bond motifs is 4. The Kier molecular flexibility index (Phi) is 6.40. The Morgan fingerprint density at radius 2 is 1.20 bits per heavy atom. The van der Waals surface area contributed by atoms with E-state index in [9.17, 15) is 0 Å². The van der Waals surface area contributed by atoms with E-state index < -0.39 is 60.4 Å². The quantitative estimate of drug-likeness (QED) is 0.114. The second kappa shape index (κ2) is 14.7. The minimum absolute atomic E-state index is 0.131. The van der Waals surface area contributed by atoms with Gasteiger partial charge in [0.15, 0.2) is 0 Å². The molecule has 0 atom stereocenters. The highest BCUT2D eigenvalue weighted by molar-refractivity contribution is 6.10. The summed E-state index contributed by atoms with van der Waals surface area (Å²) in [5.41, 5.74) is 7.05. The second-order valence-corrected chi connectivity index (χ2v) is 14.3. The van der Waals surface area contributed by atoms with E-state index in [1.165, 1.54) is 0 Å². The highest BCUT2D eigenvalue weighted by atomic mass is 16.5. The molecule has 0 N–H and O–H groups in total. The van der Waals surface area contributed by atoms with E-state index in [0.717, 1.165) is 44.3 Å². The zero-order valence-corrected chi connectivity index (χ0v) is 32.1. The number of pyridine rings is 1. The number of rotatable bonds is 8. The molecular formula is C55H38N4O. The molecule has 60 heavy (non-hydrogen) atoms. The normalized spacial score (nSPS) is 13.8. The highest BCUT2D eigenvalue weighted by Crippen LogP contribution is 2.39. The molecule has 5 heteroatoms. The van der Waals surface area contributed by atoms with Crippen LogP contribution in [0.4, 0.5) is 0 Å². The van der Waals surface area contributed by atoms with Gasteiger partial charge in [-0.25, -0.2) is 4.98 Å². The van der Waals surface area contributed by atoms with Crippen LogP contribution in [-0.2, 0) is 0 Å². The van der Waals surface area contributed by atoms with Crippen molar-refractivity contribution in [3.05, 3.63) is 224 Å². The molecule has 0 spiro atoms.